The third kappa shape index (κ3) is 2.45. The molecule has 0 saturated heterocycles. The maximum Gasteiger partial charge on any atom is 0.134 e. The van der Waals surface area contributed by atoms with Crippen molar-refractivity contribution in [1.29, 1.82) is 0 Å². The van der Waals surface area contributed by atoms with Crippen LogP contribution >= 0.6 is 11.3 Å². The van der Waals surface area contributed by atoms with Gasteiger partial charge in [0, 0.05) is 5.92 Å². The lowest BCUT2D eigenvalue weighted by Crippen LogP contribution is -2.21. The molecule has 1 fully saturated rings. The van der Waals surface area contributed by atoms with Crippen molar-refractivity contribution in [1.82, 2.24) is 15.5 Å². The summed E-state index contributed by atoms with van der Waals surface area (Å²) in [6.07, 6.45) is 2.23. The predicted molar refractivity (Wildman–Crippen MR) is 81.5 cm³/mol. The lowest BCUT2D eigenvalue weighted by molar-refractivity contribution is 0.457. The quantitative estimate of drug-likeness (QED) is 0.851. The Labute approximate surface area is 121 Å². The summed E-state index contributed by atoms with van der Waals surface area (Å²) in [6, 6.07) is 0.371. The average molecular weight is 281 g/mol. The first-order valence-corrected chi connectivity index (χ1v) is 8.24. The van der Waals surface area contributed by atoms with Gasteiger partial charge in [-0.2, -0.15) is 0 Å². The highest BCUT2D eigenvalue weighted by atomic mass is 32.1. The minimum absolute atomic E-state index is 0.350. The second-order valence-electron chi connectivity index (χ2n) is 6.77. The van der Waals surface area contributed by atoms with E-state index < -0.39 is 0 Å². The van der Waals surface area contributed by atoms with E-state index in [2.05, 4.69) is 57.1 Å². The van der Waals surface area contributed by atoms with Gasteiger partial charge in [0.25, 0.3) is 0 Å². The minimum Gasteiger partial charge on any atom is -0.308 e. The van der Waals surface area contributed by atoms with E-state index in [1.165, 1.54) is 5.01 Å². The molecular formula is C15H27N3S. The van der Waals surface area contributed by atoms with E-state index in [0.29, 0.717) is 22.8 Å². The molecule has 19 heavy (non-hydrogen) atoms. The standard InChI is InChI=1S/C15H27N3S/c1-7-9-16-10(8-2)12-17-18-13(19-12)11-14(3,4)15(11,5)6/h10-11,16H,7-9H2,1-6H3. The van der Waals surface area contributed by atoms with Crippen molar-refractivity contribution >= 4 is 11.3 Å². The van der Waals surface area contributed by atoms with E-state index in [-0.39, 0.29) is 0 Å². The monoisotopic (exact) mass is 281 g/mol. The van der Waals surface area contributed by atoms with Gasteiger partial charge in [-0.1, -0.05) is 52.9 Å². The molecule has 0 bridgehead atoms. The van der Waals surface area contributed by atoms with Crippen LogP contribution in [0.15, 0.2) is 0 Å². The Hall–Kier alpha value is -0.480. The van der Waals surface area contributed by atoms with Gasteiger partial charge in [-0.15, -0.1) is 10.2 Å². The molecule has 1 aromatic rings. The highest BCUT2D eigenvalue weighted by molar-refractivity contribution is 7.11. The van der Waals surface area contributed by atoms with E-state index in [4.69, 9.17) is 0 Å². The number of aromatic nitrogens is 2. The zero-order valence-electron chi connectivity index (χ0n) is 13.1. The number of rotatable bonds is 6. The van der Waals surface area contributed by atoms with Crippen LogP contribution < -0.4 is 5.32 Å². The zero-order valence-corrected chi connectivity index (χ0v) is 13.9. The van der Waals surface area contributed by atoms with Crippen molar-refractivity contribution in [3.8, 4) is 0 Å². The molecule has 1 aromatic heterocycles. The fourth-order valence-corrected chi connectivity index (χ4v) is 4.52. The first-order chi connectivity index (χ1) is 8.86. The highest BCUT2D eigenvalue weighted by Crippen LogP contribution is 2.73. The van der Waals surface area contributed by atoms with E-state index in [1.54, 1.807) is 11.3 Å². The molecule has 1 N–H and O–H groups in total. The first-order valence-electron chi connectivity index (χ1n) is 7.42. The fraction of sp³-hybridized carbons (Fsp3) is 0.867. The third-order valence-corrected chi connectivity index (χ3v) is 6.17. The molecule has 108 valence electrons. The maximum absolute atomic E-state index is 4.47. The van der Waals surface area contributed by atoms with Crippen LogP contribution in [0.25, 0.3) is 0 Å². The van der Waals surface area contributed by atoms with Gasteiger partial charge >= 0.3 is 0 Å². The maximum atomic E-state index is 4.47. The minimum atomic E-state index is 0.350. The van der Waals surface area contributed by atoms with Crippen LogP contribution in [0.3, 0.4) is 0 Å². The Bertz CT molecular complexity index is 422. The molecular weight excluding hydrogens is 254 g/mol. The predicted octanol–water partition coefficient (Wildman–Crippen LogP) is 4.14. The molecule has 1 aliphatic carbocycles. The van der Waals surface area contributed by atoms with E-state index in [1.807, 2.05) is 0 Å². The second-order valence-corrected chi connectivity index (χ2v) is 7.81. The molecule has 1 atom stereocenters. The van der Waals surface area contributed by atoms with Gasteiger partial charge in [0.1, 0.15) is 10.0 Å². The van der Waals surface area contributed by atoms with E-state index >= 15 is 0 Å². The van der Waals surface area contributed by atoms with E-state index in [9.17, 15) is 0 Å². The topological polar surface area (TPSA) is 37.8 Å². The SMILES string of the molecule is CCCNC(CC)c1nnc(C2C(C)(C)C2(C)C)s1. The third-order valence-electron chi connectivity index (χ3n) is 5.07. The van der Waals surface area contributed by atoms with Crippen molar-refractivity contribution in [2.45, 2.75) is 66.3 Å². The van der Waals surface area contributed by atoms with Gasteiger partial charge in [0.05, 0.1) is 6.04 Å². The van der Waals surface area contributed by atoms with Crippen molar-refractivity contribution < 1.29 is 0 Å². The molecule has 4 heteroatoms. The van der Waals surface area contributed by atoms with Crippen LogP contribution in [0.1, 0.15) is 76.4 Å². The van der Waals surface area contributed by atoms with Crippen molar-refractivity contribution in [2.24, 2.45) is 10.8 Å². The van der Waals surface area contributed by atoms with Crippen LogP contribution in [0, 0.1) is 10.8 Å². The number of hydrogen-bond acceptors (Lipinski definition) is 4. The zero-order chi connectivity index (χ0) is 14.3. The van der Waals surface area contributed by atoms with Gasteiger partial charge in [0.15, 0.2) is 0 Å². The lowest BCUT2D eigenvalue weighted by atomic mass is 10.0. The fourth-order valence-electron chi connectivity index (χ4n) is 3.04. The van der Waals surface area contributed by atoms with Gasteiger partial charge in [-0.3, -0.25) is 0 Å². The largest absolute Gasteiger partial charge is 0.308 e. The normalized spacial score (nSPS) is 22.4. The molecule has 0 amide bonds. The number of hydrogen-bond donors (Lipinski definition) is 1. The second kappa shape index (κ2) is 5.13. The summed E-state index contributed by atoms with van der Waals surface area (Å²) >= 11 is 1.81. The number of nitrogens with zero attached hydrogens (tertiary/aromatic N) is 2. The summed E-state index contributed by atoms with van der Waals surface area (Å²) in [5.41, 5.74) is 0.699. The summed E-state index contributed by atoms with van der Waals surface area (Å²) in [6.45, 7) is 14.8. The summed E-state index contributed by atoms with van der Waals surface area (Å²) in [7, 11) is 0. The van der Waals surface area contributed by atoms with Crippen molar-refractivity contribution in [2.75, 3.05) is 6.54 Å². The van der Waals surface area contributed by atoms with Crippen LogP contribution in [0.2, 0.25) is 0 Å². The average Bonchev–Trinajstić information content (AvgIpc) is 2.71. The molecule has 3 nitrogen and oxygen atoms in total. The summed E-state index contributed by atoms with van der Waals surface area (Å²) < 4.78 is 0. The molecule has 0 radical (unpaired) electrons. The van der Waals surface area contributed by atoms with Crippen LogP contribution in [0.4, 0.5) is 0 Å². The van der Waals surface area contributed by atoms with Crippen molar-refractivity contribution in [3.05, 3.63) is 10.0 Å². The summed E-state index contributed by atoms with van der Waals surface area (Å²) in [4.78, 5) is 0. The summed E-state index contributed by atoms with van der Waals surface area (Å²) in [5.74, 6) is 0.565. The summed E-state index contributed by atoms with van der Waals surface area (Å²) in [5, 5.41) is 14.9. The Kier molecular flexibility index (Phi) is 4.03. The van der Waals surface area contributed by atoms with Gasteiger partial charge in [-0.25, -0.2) is 0 Å². The molecule has 1 saturated carbocycles. The lowest BCUT2D eigenvalue weighted by Gasteiger charge is -2.12. The molecule has 1 aliphatic rings. The molecule has 0 spiro atoms. The molecule has 2 rings (SSSR count). The van der Waals surface area contributed by atoms with Gasteiger partial charge in [-0.05, 0) is 30.2 Å². The molecule has 1 heterocycles. The molecule has 0 aromatic carbocycles. The molecule has 1 unspecified atom stereocenters. The number of nitrogens with one attached hydrogen (secondary N) is 1. The molecule has 0 aliphatic heterocycles. The Morgan fingerprint density at radius 1 is 1.16 bits per heavy atom. The van der Waals surface area contributed by atoms with Crippen LogP contribution in [0.5, 0.6) is 0 Å². The van der Waals surface area contributed by atoms with E-state index in [0.717, 1.165) is 24.4 Å². The first kappa shape index (κ1) is 14.9. The van der Waals surface area contributed by atoms with Crippen molar-refractivity contribution in [3.63, 3.8) is 0 Å². The van der Waals surface area contributed by atoms with Gasteiger partial charge < -0.3 is 5.32 Å². The Morgan fingerprint density at radius 2 is 1.79 bits per heavy atom. The highest BCUT2D eigenvalue weighted by Gasteiger charge is 2.66. The van der Waals surface area contributed by atoms with Crippen LogP contribution in [-0.2, 0) is 0 Å². The van der Waals surface area contributed by atoms with Gasteiger partial charge in [0.2, 0.25) is 0 Å². The van der Waals surface area contributed by atoms with Crippen LogP contribution in [-0.4, -0.2) is 16.7 Å². The Balaban J connectivity index is 2.12. The smallest absolute Gasteiger partial charge is 0.134 e. The Morgan fingerprint density at radius 3 is 2.26 bits per heavy atom.